The van der Waals surface area contributed by atoms with Crippen LogP contribution >= 0.6 is 0 Å². The van der Waals surface area contributed by atoms with Crippen molar-refractivity contribution in [1.82, 2.24) is 0 Å². The molecule has 4 fully saturated rings. The Morgan fingerprint density at radius 1 is 0.621 bits per heavy atom. The maximum atomic E-state index is 7.68. The molecule has 0 aromatic rings. The first kappa shape index (κ1) is 22.3. The van der Waals surface area contributed by atoms with Gasteiger partial charge in [-0.3, -0.25) is 0 Å². The summed E-state index contributed by atoms with van der Waals surface area (Å²) >= 11 is 0. The van der Waals surface area contributed by atoms with Crippen LogP contribution in [0.2, 0.25) is 11.1 Å². The minimum atomic E-state index is -2.20. The Morgan fingerprint density at radius 2 is 1.03 bits per heavy atom. The summed E-state index contributed by atoms with van der Waals surface area (Å²) in [6, 6.07) is 0. The van der Waals surface area contributed by atoms with Crippen LogP contribution in [0.5, 0.6) is 0 Å². The predicted molar refractivity (Wildman–Crippen MR) is 124 cm³/mol. The summed E-state index contributed by atoms with van der Waals surface area (Å²) < 4.78 is 14.4. The lowest BCUT2D eigenvalue weighted by molar-refractivity contribution is 0.000493. The van der Waals surface area contributed by atoms with Crippen LogP contribution in [0.4, 0.5) is 0 Å². The third-order valence-electron chi connectivity index (χ3n) is 10.4. The molecule has 0 N–H and O–H groups in total. The molecule has 0 aliphatic heterocycles. The van der Waals surface area contributed by atoms with Crippen LogP contribution in [0.25, 0.3) is 0 Å². The van der Waals surface area contributed by atoms with E-state index in [1.807, 2.05) is 7.11 Å². The van der Waals surface area contributed by atoms with Crippen LogP contribution in [0.15, 0.2) is 0 Å². The monoisotopic (exact) mass is 420 g/mol. The van der Waals surface area contributed by atoms with Gasteiger partial charge < -0.3 is 8.85 Å². The summed E-state index contributed by atoms with van der Waals surface area (Å²) in [5.74, 6) is 4.84. The first-order valence-electron chi connectivity index (χ1n) is 13.2. The molecule has 0 amide bonds. The molecular weight excluding hydrogens is 372 g/mol. The van der Waals surface area contributed by atoms with Crippen LogP contribution in [0, 0.1) is 35.5 Å². The Labute approximate surface area is 182 Å². The average Bonchev–Trinajstić information content (AvgIpc) is 3.51. The zero-order valence-electron chi connectivity index (χ0n) is 20.0. The molecule has 4 saturated carbocycles. The fourth-order valence-corrected chi connectivity index (χ4v) is 13.0. The fourth-order valence-electron chi connectivity index (χ4n) is 8.00. The zero-order chi connectivity index (χ0) is 20.6. The van der Waals surface area contributed by atoms with E-state index in [-0.39, 0.29) is 0 Å². The first-order valence-corrected chi connectivity index (χ1v) is 15.2. The van der Waals surface area contributed by atoms with Gasteiger partial charge >= 0.3 is 8.56 Å². The van der Waals surface area contributed by atoms with Crippen LogP contribution in [0.1, 0.15) is 105 Å². The fraction of sp³-hybridized carbons (Fsp3) is 1.00. The SMILES string of the molecule is CO[Si](OC(C1CCC(C)C1C)C1CCC(C)C1C)(C1CCCC1)C1CCCC1. The number of hydrogen-bond acceptors (Lipinski definition) is 2. The zero-order valence-corrected chi connectivity index (χ0v) is 21.0. The van der Waals surface area contributed by atoms with Crippen molar-refractivity contribution in [1.29, 1.82) is 0 Å². The highest BCUT2D eigenvalue weighted by molar-refractivity contribution is 6.70. The molecule has 29 heavy (non-hydrogen) atoms. The topological polar surface area (TPSA) is 18.5 Å². The Kier molecular flexibility index (Phi) is 7.18. The highest BCUT2D eigenvalue weighted by atomic mass is 28.4. The summed E-state index contributed by atoms with van der Waals surface area (Å²) in [5, 5.41) is 0. The minimum Gasteiger partial charge on any atom is -0.397 e. The van der Waals surface area contributed by atoms with Gasteiger partial charge in [0.2, 0.25) is 0 Å². The molecule has 0 aromatic carbocycles. The van der Waals surface area contributed by atoms with Crippen molar-refractivity contribution in [2.24, 2.45) is 35.5 Å². The van der Waals surface area contributed by atoms with E-state index in [0.717, 1.165) is 46.6 Å². The summed E-state index contributed by atoms with van der Waals surface area (Å²) in [6.45, 7) is 10.0. The molecule has 0 aromatic heterocycles. The van der Waals surface area contributed by atoms with E-state index in [0.29, 0.717) is 6.10 Å². The highest BCUT2D eigenvalue weighted by Crippen LogP contribution is 2.55. The lowest BCUT2D eigenvalue weighted by Crippen LogP contribution is -2.54. The van der Waals surface area contributed by atoms with Crippen LogP contribution in [-0.2, 0) is 8.85 Å². The predicted octanol–water partition coefficient (Wildman–Crippen LogP) is 7.71. The van der Waals surface area contributed by atoms with Crippen LogP contribution in [-0.4, -0.2) is 21.8 Å². The lowest BCUT2D eigenvalue weighted by Gasteiger charge is -2.46. The Bertz CT molecular complexity index is 485. The second kappa shape index (κ2) is 9.33. The Morgan fingerprint density at radius 3 is 1.34 bits per heavy atom. The molecule has 4 aliphatic carbocycles. The van der Waals surface area contributed by atoms with Crippen molar-refractivity contribution in [2.45, 2.75) is 122 Å². The van der Waals surface area contributed by atoms with Gasteiger partial charge in [-0.05, 0) is 74.0 Å². The van der Waals surface area contributed by atoms with E-state index in [9.17, 15) is 0 Å². The van der Waals surface area contributed by atoms with Crippen molar-refractivity contribution in [2.75, 3.05) is 7.11 Å². The van der Waals surface area contributed by atoms with Crippen molar-refractivity contribution >= 4 is 8.56 Å². The maximum absolute atomic E-state index is 7.68. The lowest BCUT2D eigenvalue weighted by atomic mass is 9.78. The van der Waals surface area contributed by atoms with Crippen molar-refractivity contribution in [3.05, 3.63) is 0 Å². The first-order chi connectivity index (χ1) is 14.0. The summed E-state index contributed by atoms with van der Waals surface area (Å²) in [7, 11) is -0.162. The smallest absolute Gasteiger partial charge is 0.344 e. The van der Waals surface area contributed by atoms with Crippen LogP contribution < -0.4 is 0 Å². The summed E-state index contributed by atoms with van der Waals surface area (Å²) in [4.78, 5) is 0. The summed E-state index contributed by atoms with van der Waals surface area (Å²) in [5.41, 5.74) is 1.50. The standard InChI is InChI=1S/C26H48O2Si/c1-18-14-16-24(20(18)3)26(25-17-15-19(2)21(25)4)28-29(27-5,22-10-6-7-11-22)23-12-8-9-13-23/h18-26H,6-17H2,1-5H3. The molecule has 0 spiro atoms. The van der Waals surface area contributed by atoms with E-state index < -0.39 is 8.56 Å². The molecule has 0 radical (unpaired) electrons. The van der Waals surface area contributed by atoms with Crippen molar-refractivity contribution in [3.8, 4) is 0 Å². The molecule has 4 aliphatic rings. The largest absolute Gasteiger partial charge is 0.397 e. The quantitative estimate of drug-likeness (QED) is 0.393. The molecule has 0 heterocycles. The van der Waals surface area contributed by atoms with Gasteiger partial charge in [0.25, 0.3) is 0 Å². The molecule has 0 bridgehead atoms. The Hall–Kier alpha value is 0.137. The minimum absolute atomic E-state index is 0.461. The van der Waals surface area contributed by atoms with Crippen molar-refractivity contribution < 1.29 is 8.85 Å². The highest BCUT2D eigenvalue weighted by Gasteiger charge is 2.57. The van der Waals surface area contributed by atoms with E-state index in [2.05, 4.69) is 27.7 Å². The molecule has 4 rings (SSSR count). The van der Waals surface area contributed by atoms with E-state index in [1.54, 1.807) is 0 Å². The van der Waals surface area contributed by atoms with E-state index in [4.69, 9.17) is 8.85 Å². The van der Waals surface area contributed by atoms with Gasteiger partial charge in [-0.1, -0.05) is 66.2 Å². The molecule has 6 unspecified atom stereocenters. The van der Waals surface area contributed by atoms with Gasteiger partial charge in [0.15, 0.2) is 0 Å². The molecule has 3 heteroatoms. The van der Waals surface area contributed by atoms with Gasteiger partial charge in [0.1, 0.15) is 0 Å². The van der Waals surface area contributed by atoms with E-state index in [1.165, 1.54) is 77.0 Å². The molecule has 6 atom stereocenters. The molecule has 0 saturated heterocycles. The molecular formula is C26H48O2Si. The normalized spacial score (nSPS) is 40.9. The van der Waals surface area contributed by atoms with Gasteiger partial charge in [-0.15, -0.1) is 0 Å². The van der Waals surface area contributed by atoms with Crippen molar-refractivity contribution in [3.63, 3.8) is 0 Å². The number of hydrogen-bond donors (Lipinski definition) is 0. The average molecular weight is 421 g/mol. The van der Waals surface area contributed by atoms with Gasteiger partial charge in [0, 0.05) is 18.2 Å². The maximum Gasteiger partial charge on any atom is 0.344 e. The van der Waals surface area contributed by atoms with Gasteiger partial charge in [-0.25, -0.2) is 0 Å². The number of rotatable bonds is 7. The van der Waals surface area contributed by atoms with Gasteiger partial charge in [0.05, 0.1) is 6.10 Å². The molecule has 168 valence electrons. The second-order valence-corrected chi connectivity index (χ2v) is 15.3. The Balaban J connectivity index is 1.66. The second-order valence-electron chi connectivity index (χ2n) is 11.6. The molecule has 2 nitrogen and oxygen atoms in total. The van der Waals surface area contributed by atoms with Crippen LogP contribution in [0.3, 0.4) is 0 Å². The van der Waals surface area contributed by atoms with E-state index >= 15 is 0 Å². The van der Waals surface area contributed by atoms with Gasteiger partial charge in [-0.2, -0.15) is 0 Å². The summed E-state index contributed by atoms with van der Waals surface area (Å²) in [6.07, 6.45) is 17.1. The third-order valence-corrected chi connectivity index (χ3v) is 15.1. The third kappa shape index (κ3) is 4.14.